The van der Waals surface area contributed by atoms with Crippen LogP contribution in [0.5, 0.6) is 0 Å². The molecule has 0 aliphatic heterocycles. The first-order valence-electron chi connectivity index (χ1n) is 5.21. The Morgan fingerprint density at radius 1 is 1.44 bits per heavy atom. The third kappa shape index (κ3) is 3.08. The SMILES string of the molecule is CC#CC(=O)N(C)C(C(N)=O)c1cccc(F)c1. The van der Waals surface area contributed by atoms with Crippen molar-refractivity contribution in [2.75, 3.05) is 7.05 Å². The molecular weight excluding hydrogens is 235 g/mol. The minimum Gasteiger partial charge on any atom is -0.368 e. The first-order chi connectivity index (χ1) is 8.47. The molecule has 1 aromatic carbocycles. The molecule has 0 aliphatic carbocycles. The maximum absolute atomic E-state index is 13.1. The molecule has 0 heterocycles. The fourth-order valence-electron chi connectivity index (χ4n) is 1.57. The largest absolute Gasteiger partial charge is 0.368 e. The van der Waals surface area contributed by atoms with Crippen molar-refractivity contribution in [3.05, 3.63) is 35.6 Å². The van der Waals surface area contributed by atoms with E-state index in [1.807, 2.05) is 0 Å². The van der Waals surface area contributed by atoms with Crippen LogP contribution in [0.2, 0.25) is 0 Å². The summed E-state index contributed by atoms with van der Waals surface area (Å²) in [5, 5.41) is 0. The number of benzene rings is 1. The number of carbonyl (C=O) groups is 2. The van der Waals surface area contributed by atoms with E-state index in [0.717, 1.165) is 4.90 Å². The van der Waals surface area contributed by atoms with E-state index in [0.29, 0.717) is 5.56 Å². The van der Waals surface area contributed by atoms with E-state index >= 15 is 0 Å². The highest BCUT2D eigenvalue weighted by Gasteiger charge is 2.26. The highest BCUT2D eigenvalue weighted by Crippen LogP contribution is 2.19. The standard InChI is InChI=1S/C13H13FN2O2/c1-3-5-11(17)16(2)12(13(15)18)9-6-4-7-10(14)8-9/h4,6-8,12H,1-2H3,(H2,15,18). The third-order valence-corrected chi connectivity index (χ3v) is 2.37. The lowest BCUT2D eigenvalue weighted by Crippen LogP contribution is -2.38. The molecule has 1 unspecified atom stereocenters. The first-order valence-corrected chi connectivity index (χ1v) is 5.21. The Labute approximate surface area is 105 Å². The molecule has 0 bridgehead atoms. The first kappa shape index (κ1) is 13.7. The van der Waals surface area contributed by atoms with Crippen LogP contribution in [0.15, 0.2) is 24.3 Å². The Balaban J connectivity index is 3.13. The van der Waals surface area contributed by atoms with E-state index in [9.17, 15) is 14.0 Å². The molecule has 5 heteroatoms. The number of hydrogen-bond donors (Lipinski definition) is 1. The minimum atomic E-state index is -1.03. The van der Waals surface area contributed by atoms with Gasteiger partial charge in [-0.3, -0.25) is 9.59 Å². The van der Waals surface area contributed by atoms with Gasteiger partial charge in [0.2, 0.25) is 5.91 Å². The molecule has 0 aromatic heterocycles. The van der Waals surface area contributed by atoms with Gasteiger partial charge >= 0.3 is 0 Å². The molecule has 2 amide bonds. The van der Waals surface area contributed by atoms with Gasteiger partial charge in [-0.05, 0) is 30.5 Å². The van der Waals surface area contributed by atoms with Crippen LogP contribution < -0.4 is 5.73 Å². The number of likely N-dealkylation sites (N-methyl/N-ethyl adjacent to an activating group) is 1. The minimum absolute atomic E-state index is 0.316. The molecular formula is C13H13FN2O2. The summed E-state index contributed by atoms with van der Waals surface area (Å²) in [7, 11) is 1.40. The smallest absolute Gasteiger partial charge is 0.299 e. The maximum Gasteiger partial charge on any atom is 0.299 e. The van der Waals surface area contributed by atoms with Crippen molar-refractivity contribution >= 4 is 11.8 Å². The molecule has 0 saturated carbocycles. The average Bonchev–Trinajstić information content (AvgIpc) is 2.29. The topological polar surface area (TPSA) is 63.4 Å². The van der Waals surface area contributed by atoms with Gasteiger partial charge in [0.15, 0.2) is 0 Å². The molecule has 0 fully saturated rings. The summed E-state index contributed by atoms with van der Waals surface area (Å²) in [6.45, 7) is 1.51. The lowest BCUT2D eigenvalue weighted by molar-refractivity contribution is -0.133. The molecule has 0 radical (unpaired) electrons. The predicted molar refractivity (Wildman–Crippen MR) is 64.6 cm³/mol. The van der Waals surface area contributed by atoms with Crippen molar-refractivity contribution < 1.29 is 14.0 Å². The quantitative estimate of drug-likeness (QED) is 0.805. The zero-order chi connectivity index (χ0) is 13.7. The summed E-state index contributed by atoms with van der Waals surface area (Å²) in [6.07, 6.45) is 0. The normalized spacial score (nSPS) is 11.1. The van der Waals surface area contributed by atoms with Gasteiger partial charge in [0.1, 0.15) is 11.9 Å². The Hall–Kier alpha value is -2.35. The second-order valence-electron chi connectivity index (χ2n) is 3.65. The number of nitrogens with two attached hydrogens (primary N) is 1. The maximum atomic E-state index is 13.1. The number of carbonyl (C=O) groups excluding carboxylic acids is 2. The lowest BCUT2D eigenvalue weighted by Gasteiger charge is -2.24. The molecule has 1 aromatic rings. The molecule has 4 nitrogen and oxygen atoms in total. The number of primary amides is 1. The molecule has 18 heavy (non-hydrogen) atoms. The third-order valence-electron chi connectivity index (χ3n) is 2.37. The summed E-state index contributed by atoms with van der Waals surface area (Å²) in [5.74, 6) is 2.95. The molecule has 1 rings (SSSR count). The van der Waals surface area contributed by atoms with Crippen LogP contribution in [-0.4, -0.2) is 23.8 Å². The van der Waals surface area contributed by atoms with Crippen LogP contribution in [-0.2, 0) is 9.59 Å². The van der Waals surface area contributed by atoms with E-state index in [2.05, 4.69) is 11.8 Å². The predicted octanol–water partition coefficient (Wildman–Crippen LogP) is 0.834. The molecule has 2 N–H and O–H groups in total. The second-order valence-corrected chi connectivity index (χ2v) is 3.65. The van der Waals surface area contributed by atoms with E-state index in [4.69, 9.17) is 5.73 Å². The van der Waals surface area contributed by atoms with Crippen LogP contribution in [0.3, 0.4) is 0 Å². The van der Waals surface area contributed by atoms with Crippen molar-refractivity contribution in [1.29, 1.82) is 0 Å². The van der Waals surface area contributed by atoms with Crippen molar-refractivity contribution in [2.24, 2.45) is 5.73 Å². The molecule has 0 aliphatic rings. The fraction of sp³-hybridized carbons (Fsp3) is 0.231. The van der Waals surface area contributed by atoms with Gasteiger partial charge < -0.3 is 10.6 Å². The molecule has 94 valence electrons. The highest BCUT2D eigenvalue weighted by atomic mass is 19.1. The monoisotopic (exact) mass is 248 g/mol. The molecule has 0 spiro atoms. The molecule has 0 saturated heterocycles. The summed E-state index contributed by atoms with van der Waals surface area (Å²) in [5.41, 5.74) is 5.57. The zero-order valence-electron chi connectivity index (χ0n) is 10.1. The number of rotatable bonds is 3. The van der Waals surface area contributed by atoms with Gasteiger partial charge in [0.05, 0.1) is 0 Å². The van der Waals surface area contributed by atoms with Crippen LogP contribution >= 0.6 is 0 Å². The summed E-state index contributed by atoms with van der Waals surface area (Å²) in [6, 6.07) is 4.36. The fourth-order valence-corrected chi connectivity index (χ4v) is 1.57. The van der Waals surface area contributed by atoms with Gasteiger partial charge in [0, 0.05) is 7.05 Å². The van der Waals surface area contributed by atoms with Crippen LogP contribution in [0.1, 0.15) is 18.5 Å². The van der Waals surface area contributed by atoms with Crippen molar-refractivity contribution in [2.45, 2.75) is 13.0 Å². The number of nitrogens with zero attached hydrogens (tertiary/aromatic N) is 1. The number of hydrogen-bond acceptors (Lipinski definition) is 2. The Morgan fingerprint density at radius 2 is 2.11 bits per heavy atom. The van der Waals surface area contributed by atoms with E-state index in [1.54, 1.807) is 0 Å². The van der Waals surface area contributed by atoms with Gasteiger partial charge in [-0.15, -0.1) is 0 Å². The van der Waals surface area contributed by atoms with Crippen molar-refractivity contribution in [3.63, 3.8) is 0 Å². The zero-order valence-corrected chi connectivity index (χ0v) is 10.1. The van der Waals surface area contributed by atoms with Crippen LogP contribution in [0.25, 0.3) is 0 Å². The Morgan fingerprint density at radius 3 is 2.61 bits per heavy atom. The lowest BCUT2D eigenvalue weighted by atomic mass is 10.0. The van der Waals surface area contributed by atoms with Crippen LogP contribution in [0.4, 0.5) is 4.39 Å². The van der Waals surface area contributed by atoms with Gasteiger partial charge in [0.25, 0.3) is 5.91 Å². The van der Waals surface area contributed by atoms with Gasteiger partial charge in [-0.1, -0.05) is 18.1 Å². The van der Waals surface area contributed by atoms with Crippen molar-refractivity contribution in [1.82, 2.24) is 4.90 Å². The highest BCUT2D eigenvalue weighted by molar-refractivity contribution is 5.96. The van der Waals surface area contributed by atoms with Gasteiger partial charge in [-0.2, -0.15) is 0 Å². The summed E-state index contributed by atoms with van der Waals surface area (Å²) >= 11 is 0. The number of amides is 2. The molecule has 1 atom stereocenters. The average molecular weight is 248 g/mol. The summed E-state index contributed by atoms with van der Waals surface area (Å²) in [4.78, 5) is 24.1. The van der Waals surface area contributed by atoms with Crippen LogP contribution in [0, 0.1) is 17.7 Å². The van der Waals surface area contributed by atoms with Gasteiger partial charge in [-0.25, -0.2) is 4.39 Å². The Kier molecular flexibility index (Phi) is 4.44. The van der Waals surface area contributed by atoms with E-state index in [-0.39, 0.29) is 0 Å². The van der Waals surface area contributed by atoms with Crippen molar-refractivity contribution in [3.8, 4) is 11.8 Å². The summed E-state index contributed by atoms with van der Waals surface area (Å²) < 4.78 is 13.1. The number of halogens is 1. The van der Waals surface area contributed by atoms with E-state index in [1.165, 1.54) is 38.2 Å². The van der Waals surface area contributed by atoms with E-state index < -0.39 is 23.7 Å². The Bertz CT molecular complexity index is 531. The second kappa shape index (κ2) is 5.82.